The van der Waals surface area contributed by atoms with Crippen LogP contribution in [-0.2, 0) is 20.9 Å². The summed E-state index contributed by atoms with van der Waals surface area (Å²) in [4.78, 5) is 23.9. The number of nitrogens with one attached hydrogen (secondary N) is 2. The molecule has 2 rings (SSSR count). The van der Waals surface area contributed by atoms with Crippen LogP contribution in [0.25, 0.3) is 0 Å². The lowest BCUT2D eigenvalue weighted by molar-refractivity contribution is -0.154. The van der Waals surface area contributed by atoms with E-state index >= 15 is 0 Å². The Morgan fingerprint density at radius 2 is 2.14 bits per heavy atom. The van der Waals surface area contributed by atoms with Gasteiger partial charge in [-0.3, -0.25) is 9.59 Å². The first-order chi connectivity index (χ1) is 10.2. The Morgan fingerprint density at radius 3 is 2.82 bits per heavy atom. The molecule has 1 amide bonds. The summed E-state index contributed by atoms with van der Waals surface area (Å²) in [5.74, 6) is -0.429. The molecule has 4 N–H and O–H groups in total. The molecule has 0 radical (unpaired) electrons. The van der Waals surface area contributed by atoms with Gasteiger partial charge in [-0.1, -0.05) is 0 Å². The zero-order valence-corrected chi connectivity index (χ0v) is 13.2. The van der Waals surface area contributed by atoms with Crippen LogP contribution in [0.1, 0.15) is 39.2 Å². The normalized spacial score (nSPS) is 17.8. The summed E-state index contributed by atoms with van der Waals surface area (Å²) in [6, 6.07) is 5.01. The largest absolute Gasteiger partial charge is 0.460 e. The molecule has 1 heterocycles. The van der Waals surface area contributed by atoms with Gasteiger partial charge in [0.05, 0.1) is 0 Å². The van der Waals surface area contributed by atoms with Gasteiger partial charge < -0.3 is 21.1 Å². The average Bonchev–Trinajstić information content (AvgIpc) is 2.54. The van der Waals surface area contributed by atoms with Gasteiger partial charge in [0, 0.05) is 24.3 Å². The molecule has 120 valence electrons. The van der Waals surface area contributed by atoms with Crippen LogP contribution < -0.4 is 16.4 Å². The second-order valence-electron chi connectivity index (χ2n) is 6.46. The van der Waals surface area contributed by atoms with Crippen molar-refractivity contribution >= 4 is 23.3 Å². The van der Waals surface area contributed by atoms with Gasteiger partial charge in [-0.05, 0) is 51.0 Å². The highest BCUT2D eigenvalue weighted by atomic mass is 16.6. The lowest BCUT2D eigenvalue weighted by Crippen LogP contribution is -2.37. The number of hydrogen-bond donors (Lipinski definition) is 3. The molecule has 0 spiro atoms. The number of carbonyl (C=O) groups is 2. The molecule has 0 fully saturated rings. The predicted molar refractivity (Wildman–Crippen MR) is 85.2 cm³/mol. The van der Waals surface area contributed by atoms with Crippen molar-refractivity contribution in [3.63, 3.8) is 0 Å². The minimum absolute atomic E-state index is 0.127. The Kier molecular flexibility index (Phi) is 4.59. The van der Waals surface area contributed by atoms with Gasteiger partial charge in [0.2, 0.25) is 5.91 Å². The van der Waals surface area contributed by atoms with E-state index in [-0.39, 0.29) is 18.3 Å². The summed E-state index contributed by atoms with van der Waals surface area (Å²) in [5.41, 5.74) is 7.70. The fraction of sp³-hybridized carbons (Fsp3) is 0.500. The molecule has 22 heavy (non-hydrogen) atoms. The maximum Gasteiger partial charge on any atom is 0.306 e. The molecule has 0 saturated carbocycles. The third kappa shape index (κ3) is 4.38. The molecule has 0 saturated heterocycles. The molecule has 0 bridgehead atoms. The number of fused-ring (bicyclic) bond motifs is 1. The van der Waals surface area contributed by atoms with E-state index in [0.717, 1.165) is 11.3 Å². The predicted octanol–water partition coefficient (Wildman–Crippen LogP) is 1.80. The molecule has 6 nitrogen and oxygen atoms in total. The number of ether oxygens (including phenoxy) is 1. The van der Waals surface area contributed by atoms with Crippen LogP contribution in [0.15, 0.2) is 18.2 Å². The molecule has 1 aromatic rings. The summed E-state index contributed by atoms with van der Waals surface area (Å²) >= 11 is 0. The van der Waals surface area contributed by atoms with Gasteiger partial charge >= 0.3 is 5.97 Å². The highest BCUT2D eigenvalue weighted by molar-refractivity contribution is 5.87. The van der Waals surface area contributed by atoms with Crippen molar-refractivity contribution in [1.29, 1.82) is 0 Å². The van der Waals surface area contributed by atoms with Crippen molar-refractivity contribution in [1.82, 2.24) is 5.32 Å². The van der Waals surface area contributed by atoms with Crippen molar-refractivity contribution in [3.05, 3.63) is 23.8 Å². The van der Waals surface area contributed by atoms with E-state index in [9.17, 15) is 9.59 Å². The quantitative estimate of drug-likeness (QED) is 0.585. The second kappa shape index (κ2) is 6.25. The minimum atomic E-state index is -0.514. The van der Waals surface area contributed by atoms with E-state index in [1.165, 1.54) is 0 Å². The van der Waals surface area contributed by atoms with Gasteiger partial charge in [-0.2, -0.15) is 0 Å². The number of nitrogens with two attached hydrogens (primary N) is 1. The number of hydrogen-bond acceptors (Lipinski definition) is 5. The van der Waals surface area contributed by atoms with Gasteiger partial charge in [0.15, 0.2) is 0 Å². The molecule has 1 unspecified atom stereocenters. The van der Waals surface area contributed by atoms with Crippen molar-refractivity contribution < 1.29 is 14.3 Å². The van der Waals surface area contributed by atoms with E-state index in [4.69, 9.17) is 10.5 Å². The lowest BCUT2D eigenvalue weighted by atomic mass is 10.1. The first-order valence-electron chi connectivity index (χ1n) is 7.39. The second-order valence-corrected chi connectivity index (χ2v) is 6.46. The molecule has 1 atom stereocenters. The average molecular weight is 305 g/mol. The van der Waals surface area contributed by atoms with Crippen LogP contribution in [0.4, 0.5) is 11.4 Å². The SMILES string of the molecule is CC(C)(C)OC(=O)CCC1Nc2ccc(N)cc2CNC1=O. The van der Waals surface area contributed by atoms with E-state index in [0.29, 0.717) is 18.7 Å². The maximum absolute atomic E-state index is 12.1. The van der Waals surface area contributed by atoms with E-state index in [1.54, 1.807) is 6.07 Å². The van der Waals surface area contributed by atoms with Crippen LogP contribution in [-0.4, -0.2) is 23.5 Å². The number of carbonyl (C=O) groups excluding carboxylic acids is 2. The fourth-order valence-corrected chi connectivity index (χ4v) is 2.32. The van der Waals surface area contributed by atoms with Crippen LogP contribution in [0.3, 0.4) is 0 Å². The van der Waals surface area contributed by atoms with Crippen LogP contribution in [0, 0.1) is 0 Å². The molecule has 1 aliphatic rings. The van der Waals surface area contributed by atoms with Crippen molar-refractivity contribution in [2.45, 2.75) is 51.8 Å². The number of anilines is 2. The molecule has 6 heteroatoms. The summed E-state index contributed by atoms with van der Waals surface area (Å²) in [6.45, 7) is 5.89. The van der Waals surface area contributed by atoms with Crippen LogP contribution >= 0.6 is 0 Å². The Hall–Kier alpha value is -2.24. The molecule has 1 aliphatic heterocycles. The number of benzene rings is 1. The Morgan fingerprint density at radius 1 is 1.41 bits per heavy atom. The third-order valence-electron chi connectivity index (χ3n) is 3.29. The zero-order valence-electron chi connectivity index (χ0n) is 13.2. The standard InChI is InChI=1S/C16H23N3O3/c1-16(2,3)22-14(20)7-6-13-15(21)18-9-10-8-11(17)4-5-12(10)19-13/h4-5,8,13,19H,6-7,9,17H2,1-3H3,(H,18,21). The number of esters is 1. The summed E-state index contributed by atoms with van der Waals surface area (Å²) in [6.07, 6.45) is 0.567. The van der Waals surface area contributed by atoms with E-state index in [1.807, 2.05) is 32.9 Å². The van der Waals surface area contributed by atoms with E-state index < -0.39 is 11.6 Å². The Balaban J connectivity index is 2.00. The highest BCUT2D eigenvalue weighted by Crippen LogP contribution is 2.23. The van der Waals surface area contributed by atoms with Gasteiger partial charge in [0.1, 0.15) is 11.6 Å². The van der Waals surface area contributed by atoms with Gasteiger partial charge in [-0.15, -0.1) is 0 Å². The molecular weight excluding hydrogens is 282 g/mol. The molecule has 1 aromatic carbocycles. The molecule has 0 aromatic heterocycles. The summed E-state index contributed by atoms with van der Waals surface area (Å²) in [5, 5.41) is 6.02. The molecular formula is C16H23N3O3. The fourth-order valence-electron chi connectivity index (χ4n) is 2.32. The maximum atomic E-state index is 12.1. The Bertz CT molecular complexity index is 578. The minimum Gasteiger partial charge on any atom is -0.460 e. The third-order valence-corrected chi connectivity index (χ3v) is 3.29. The summed E-state index contributed by atoms with van der Waals surface area (Å²) < 4.78 is 5.27. The monoisotopic (exact) mass is 305 g/mol. The van der Waals surface area contributed by atoms with Crippen LogP contribution in [0.5, 0.6) is 0 Å². The molecule has 0 aliphatic carbocycles. The van der Waals surface area contributed by atoms with Crippen molar-refractivity contribution in [2.24, 2.45) is 0 Å². The number of nitrogen functional groups attached to an aromatic ring is 1. The van der Waals surface area contributed by atoms with Gasteiger partial charge in [-0.25, -0.2) is 0 Å². The van der Waals surface area contributed by atoms with Crippen molar-refractivity contribution in [2.75, 3.05) is 11.1 Å². The smallest absolute Gasteiger partial charge is 0.306 e. The van der Waals surface area contributed by atoms with Gasteiger partial charge in [0.25, 0.3) is 0 Å². The van der Waals surface area contributed by atoms with Crippen LogP contribution in [0.2, 0.25) is 0 Å². The first kappa shape index (κ1) is 16.1. The number of amides is 1. The van der Waals surface area contributed by atoms with Crippen molar-refractivity contribution in [3.8, 4) is 0 Å². The number of rotatable bonds is 3. The Labute approximate surface area is 130 Å². The highest BCUT2D eigenvalue weighted by Gasteiger charge is 2.25. The lowest BCUT2D eigenvalue weighted by Gasteiger charge is -2.21. The first-order valence-corrected chi connectivity index (χ1v) is 7.39. The van der Waals surface area contributed by atoms with E-state index in [2.05, 4.69) is 10.6 Å². The topological polar surface area (TPSA) is 93.4 Å². The zero-order chi connectivity index (χ0) is 16.3. The summed E-state index contributed by atoms with van der Waals surface area (Å²) in [7, 11) is 0.